The van der Waals surface area contributed by atoms with Gasteiger partial charge in [0.2, 0.25) is 0 Å². The average molecular weight is 300 g/mol. The fraction of sp³-hybridized carbons (Fsp3) is 0.333. The summed E-state index contributed by atoms with van der Waals surface area (Å²) in [6, 6.07) is 16.2. The summed E-state index contributed by atoms with van der Waals surface area (Å²) in [6.45, 7) is 4.02. The molecule has 2 nitrogen and oxygen atoms in total. The van der Waals surface area contributed by atoms with Crippen molar-refractivity contribution in [1.29, 1.82) is 0 Å². The lowest BCUT2D eigenvalue weighted by Crippen LogP contribution is -2.14. The highest BCUT2D eigenvalue weighted by Gasteiger charge is 2.28. The molecule has 0 bridgehead atoms. The molecule has 2 atom stereocenters. The molecule has 0 fully saturated rings. The summed E-state index contributed by atoms with van der Waals surface area (Å²) in [5, 5.41) is 10.8. The fourth-order valence-electron chi connectivity index (χ4n) is 2.62. The Morgan fingerprint density at radius 3 is 2.48 bits per heavy atom. The zero-order valence-corrected chi connectivity index (χ0v) is 13.1. The molecule has 3 heteroatoms. The molecule has 110 valence electrons. The van der Waals surface area contributed by atoms with Gasteiger partial charge in [0.15, 0.2) is 0 Å². The van der Waals surface area contributed by atoms with Crippen LogP contribution in [0.1, 0.15) is 31.1 Å². The van der Waals surface area contributed by atoms with Crippen LogP contribution >= 0.6 is 11.8 Å². The maximum Gasteiger partial charge on any atom is 0.119 e. The summed E-state index contributed by atoms with van der Waals surface area (Å²) in [5.74, 6) is 0.850. The van der Waals surface area contributed by atoms with Gasteiger partial charge in [-0.3, -0.25) is 0 Å². The Morgan fingerprint density at radius 1 is 1.10 bits per heavy atom. The first kappa shape index (κ1) is 14.5. The van der Waals surface area contributed by atoms with E-state index in [0.29, 0.717) is 0 Å². The summed E-state index contributed by atoms with van der Waals surface area (Å²) in [5.41, 5.74) is 2.29. The van der Waals surface area contributed by atoms with Crippen LogP contribution in [0.2, 0.25) is 0 Å². The van der Waals surface area contributed by atoms with Crippen LogP contribution in [0.15, 0.2) is 53.4 Å². The van der Waals surface area contributed by atoms with Crippen LogP contribution in [-0.2, 0) is 6.42 Å². The van der Waals surface area contributed by atoms with Crippen molar-refractivity contribution in [3.05, 3.63) is 59.7 Å². The Morgan fingerprint density at radius 2 is 1.81 bits per heavy atom. The number of hydrogen-bond acceptors (Lipinski definition) is 3. The van der Waals surface area contributed by atoms with Gasteiger partial charge in [0.1, 0.15) is 5.75 Å². The Kier molecular flexibility index (Phi) is 4.22. The number of ether oxygens (including phenoxy) is 1. The molecular weight excluding hydrogens is 280 g/mol. The monoisotopic (exact) mass is 300 g/mol. The fourth-order valence-corrected chi connectivity index (χ4v) is 3.95. The third-order valence-corrected chi connectivity index (χ3v) is 5.00. The first-order valence-electron chi connectivity index (χ1n) is 7.33. The largest absolute Gasteiger partial charge is 0.491 e. The van der Waals surface area contributed by atoms with Crippen molar-refractivity contribution in [1.82, 2.24) is 0 Å². The zero-order valence-electron chi connectivity index (χ0n) is 12.3. The predicted molar refractivity (Wildman–Crippen MR) is 87.0 cm³/mol. The number of hydrogen-bond donors (Lipinski definition) is 1. The molecule has 1 heterocycles. The molecule has 0 aliphatic carbocycles. The molecular formula is C18H20O2S. The number of rotatable bonds is 4. The van der Waals surface area contributed by atoms with Crippen LogP contribution in [0.25, 0.3) is 0 Å². The van der Waals surface area contributed by atoms with Crippen molar-refractivity contribution in [2.45, 2.75) is 42.6 Å². The van der Waals surface area contributed by atoms with Crippen molar-refractivity contribution in [2.24, 2.45) is 0 Å². The normalized spacial score (nSPS) is 18.6. The third kappa shape index (κ3) is 3.25. The van der Waals surface area contributed by atoms with Gasteiger partial charge in [-0.25, -0.2) is 0 Å². The van der Waals surface area contributed by atoms with Crippen LogP contribution < -0.4 is 4.74 Å². The molecule has 1 aliphatic heterocycles. The van der Waals surface area contributed by atoms with E-state index >= 15 is 0 Å². The zero-order chi connectivity index (χ0) is 14.8. The predicted octanol–water partition coefficient (Wildman–Crippen LogP) is 4.22. The highest BCUT2D eigenvalue weighted by Crippen LogP contribution is 2.42. The standard InChI is InChI=1S/C18H20O2S/c1-12(2)20-15-9-7-13(8-10-15)18(19)17-11-14-5-3-4-6-16(14)21-17/h3-10,12,17-19H,11H2,1-2H3. The molecule has 3 rings (SSSR count). The van der Waals surface area contributed by atoms with Gasteiger partial charge in [-0.1, -0.05) is 30.3 Å². The van der Waals surface area contributed by atoms with E-state index in [0.717, 1.165) is 17.7 Å². The molecule has 2 aromatic rings. The van der Waals surface area contributed by atoms with Crippen molar-refractivity contribution < 1.29 is 9.84 Å². The van der Waals surface area contributed by atoms with Crippen LogP contribution in [0, 0.1) is 0 Å². The Labute approximate surface area is 130 Å². The summed E-state index contributed by atoms with van der Waals surface area (Å²) < 4.78 is 5.64. The number of aliphatic hydroxyl groups excluding tert-OH is 1. The SMILES string of the molecule is CC(C)Oc1ccc(C(O)C2Cc3ccccc3S2)cc1. The van der Waals surface area contributed by atoms with Gasteiger partial charge in [-0.2, -0.15) is 0 Å². The van der Waals surface area contributed by atoms with E-state index in [1.807, 2.05) is 38.1 Å². The summed E-state index contributed by atoms with van der Waals surface area (Å²) in [4.78, 5) is 1.29. The van der Waals surface area contributed by atoms with Gasteiger partial charge in [-0.05, 0) is 49.6 Å². The lowest BCUT2D eigenvalue weighted by Gasteiger charge is -2.18. The molecule has 21 heavy (non-hydrogen) atoms. The summed E-state index contributed by atoms with van der Waals surface area (Å²) >= 11 is 1.77. The average Bonchev–Trinajstić information content (AvgIpc) is 2.90. The Balaban J connectivity index is 1.70. The minimum atomic E-state index is -0.449. The van der Waals surface area contributed by atoms with E-state index in [-0.39, 0.29) is 11.4 Å². The van der Waals surface area contributed by atoms with E-state index in [1.54, 1.807) is 11.8 Å². The van der Waals surface area contributed by atoms with Gasteiger partial charge >= 0.3 is 0 Å². The van der Waals surface area contributed by atoms with Crippen molar-refractivity contribution >= 4 is 11.8 Å². The molecule has 2 unspecified atom stereocenters. The lowest BCUT2D eigenvalue weighted by atomic mass is 10.0. The maximum atomic E-state index is 10.6. The first-order chi connectivity index (χ1) is 10.1. The van der Waals surface area contributed by atoms with Crippen molar-refractivity contribution in [3.8, 4) is 5.75 Å². The molecule has 2 aromatic carbocycles. The molecule has 0 saturated carbocycles. The van der Waals surface area contributed by atoms with E-state index in [2.05, 4.69) is 24.3 Å². The molecule has 1 aliphatic rings. The molecule has 0 radical (unpaired) electrons. The van der Waals surface area contributed by atoms with E-state index in [1.165, 1.54) is 10.5 Å². The maximum absolute atomic E-state index is 10.6. The van der Waals surface area contributed by atoms with E-state index < -0.39 is 6.10 Å². The summed E-state index contributed by atoms with van der Waals surface area (Å²) in [7, 11) is 0. The second-order valence-corrected chi connectivity index (χ2v) is 6.93. The molecule has 0 spiro atoms. The lowest BCUT2D eigenvalue weighted by molar-refractivity contribution is 0.175. The van der Waals surface area contributed by atoms with Crippen LogP contribution in [0.3, 0.4) is 0 Å². The minimum absolute atomic E-state index is 0.167. The molecule has 0 saturated heterocycles. The van der Waals surface area contributed by atoms with E-state index in [9.17, 15) is 5.11 Å². The summed E-state index contributed by atoms with van der Waals surface area (Å²) in [6.07, 6.45) is 0.642. The number of thioether (sulfide) groups is 1. The smallest absolute Gasteiger partial charge is 0.119 e. The van der Waals surface area contributed by atoms with Gasteiger partial charge in [0, 0.05) is 10.1 Å². The third-order valence-electron chi connectivity index (χ3n) is 3.62. The van der Waals surface area contributed by atoms with Gasteiger partial charge in [-0.15, -0.1) is 11.8 Å². The highest BCUT2D eigenvalue weighted by molar-refractivity contribution is 8.00. The second-order valence-electron chi connectivity index (χ2n) is 5.65. The molecule has 1 N–H and O–H groups in total. The first-order valence-corrected chi connectivity index (χ1v) is 8.20. The quantitative estimate of drug-likeness (QED) is 0.916. The Bertz CT molecular complexity index is 582. The van der Waals surface area contributed by atoms with Crippen LogP contribution in [-0.4, -0.2) is 16.5 Å². The highest BCUT2D eigenvalue weighted by atomic mass is 32.2. The van der Waals surface area contributed by atoms with Crippen molar-refractivity contribution in [2.75, 3.05) is 0 Å². The van der Waals surface area contributed by atoms with E-state index in [4.69, 9.17) is 4.74 Å². The number of benzene rings is 2. The van der Waals surface area contributed by atoms with Gasteiger partial charge in [0.25, 0.3) is 0 Å². The van der Waals surface area contributed by atoms with Crippen molar-refractivity contribution in [3.63, 3.8) is 0 Å². The van der Waals surface area contributed by atoms with Gasteiger partial charge in [0.05, 0.1) is 12.2 Å². The minimum Gasteiger partial charge on any atom is -0.491 e. The topological polar surface area (TPSA) is 29.5 Å². The number of aliphatic hydroxyl groups is 1. The van der Waals surface area contributed by atoms with Gasteiger partial charge < -0.3 is 9.84 Å². The molecule has 0 aromatic heterocycles. The Hall–Kier alpha value is -1.45. The second kappa shape index (κ2) is 6.12. The molecule has 0 amide bonds. The van der Waals surface area contributed by atoms with Crippen LogP contribution in [0.4, 0.5) is 0 Å². The number of fused-ring (bicyclic) bond motifs is 1. The van der Waals surface area contributed by atoms with Crippen LogP contribution in [0.5, 0.6) is 5.75 Å².